The first-order valence-corrected chi connectivity index (χ1v) is 9.22. The summed E-state index contributed by atoms with van der Waals surface area (Å²) in [6.45, 7) is 7.33. The van der Waals surface area contributed by atoms with Gasteiger partial charge in [-0.15, -0.1) is 0 Å². The summed E-state index contributed by atoms with van der Waals surface area (Å²) >= 11 is 0. The van der Waals surface area contributed by atoms with Gasteiger partial charge in [-0.1, -0.05) is 26.0 Å². The molecule has 8 heteroatoms. The Morgan fingerprint density at radius 1 is 1.17 bits per heavy atom. The van der Waals surface area contributed by atoms with E-state index in [9.17, 15) is 18.5 Å². The normalized spacial score (nSPS) is 17.5. The van der Waals surface area contributed by atoms with Gasteiger partial charge in [-0.2, -0.15) is 4.31 Å². The van der Waals surface area contributed by atoms with Crippen LogP contribution >= 0.6 is 0 Å². The van der Waals surface area contributed by atoms with Crippen molar-refractivity contribution in [3.8, 4) is 0 Å². The number of rotatable bonds is 6. The summed E-state index contributed by atoms with van der Waals surface area (Å²) in [5.41, 5.74) is -0.366. The summed E-state index contributed by atoms with van der Waals surface area (Å²) in [6.07, 6.45) is 1.08. The van der Waals surface area contributed by atoms with Crippen molar-refractivity contribution in [3.63, 3.8) is 0 Å². The van der Waals surface area contributed by atoms with E-state index in [1.807, 2.05) is 0 Å². The molecule has 1 aliphatic rings. The monoisotopic (exact) mass is 341 g/mol. The van der Waals surface area contributed by atoms with E-state index >= 15 is 0 Å². The van der Waals surface area contributed by atoms with E-state index < -0.39 is 14.9 Å². The van der Waals surface area contributed by atoms with E-state index in [1.54, 1.807) is 0 Å². The Morgan fingerprint density at radius 2 is 1.78 bits per heavy atom. The molecular weight excluding hydrogens is 318 g/mol. The number of sulfonamides is 1. The molecule has 0 radical (unpaired) electrons. The lowest BCUT2D eigenvalue weighted by molar-refractivity contribution is -0.387. The molecule has 0 aliphatic carbocycles. The Bertz CT molecular complexity index is 652. The minimum absolute atomic E-state index is 0.222. The van der Waals surface area contributed by atoms with Crippen LogP contribution < -0.4 is 0 Å². The molecule has 0 amide bonds. The second kappa shape index (κ2) is 7.37. The Kier molecular flexibility index (Phi) is 5.72. The summed E-state index contributed by atoms with van der Waals surface area (Å²) in [6, 6.07) is 5.52. The standard InChI is InChI=1S/C15H23N3O4S/c1-13(2)7-8-16-9-11-17(12-10-16)23(21,22)15-6-4-3-5-14(15)18(19)20/h3-6,13H,7-12H2,1-2H3. The highest BCUT2D eigenvalue weighted by Gasteiger charge is 2.33. The minimum atomic E-state index is -3.83. The van der Waals surface area contributed by atoms with Gasteiger partial charge in [0.05, 0.1) is 4.92 Å². The highest BCUT2D eigenvalue weighted by atomic mass is 32.2. The number of piperazine rings is 1. The molecular formula is C15H23N3O4S. The molecule has 1 saturated heterocycles. The van der Waals surface area contributed by atoms with Gasteiger partial charge < -0.3 is 4.90 Å². The molecule has 0 saturated carbocycles. The summed E-state index contributed by atoms with van der Waals surface area (Å²) in [5, 5.41) is 11.1. The largest absolute Gasteiger partial charge is 0.301 e. The average molecular weight is 341 g/mol. The Balaban J connectivity index is 2.09. The van der Waals surface area contributed by atoms with Gasteiger partial charge in [-0.25, -0.2) is 8.42 Å². The molecule has 0 bridgehead atoms. The molecule has 1 aromatic rings. The molecule has 7 nitrogen and oxygen atoms in total. The molecule has 1 heterocycles. The van der Waals surface area contributed by atoms with E-state index in [4.69, 9.17) is 0 Å². The van der Waals surface area contributed by atoms with Gasteiger partial charge in [-0.05, 0) is 24.9 Å². The Hall–Kier alpha value is -1.51. The van der Waals surface area contributed by atoms with Crippen LogP contribution in [-0.2, 0) is 10.0 Å². The second-order valence-corrected chi connectivity index (χ2v) is 8.06. The topological polar surface area (TPSA) is 83.8 Å². The second-order valence-electron chi connectivity index (χ2n) is 6.15. The average Bonchev–Trinajstić information content (AvgIpc) is 2.53. The van der Waals surface area contributed by atoms with Gasteiger partial charge in [-0.3, -0.25) is 10.1 Å². The van der Waals surface area contributed by atoms with Crippen molar-refractivity contribution in [3.05, 3.63) is 34.4 Å². The highest BCUT2D eigenvalue weighted by Crippen LogP contribution is 2.26. The third-order valence-corrected chi connectivity index (χ3v) is 5.98. The van der Waals surface area contributed by atoms with Crippen LogP contribution in [0.5, 0.6) is 0 Å². The zero-order valence-corrected chi connectivity index (χ0v) is 14.3. The molecule has 1 fully saturated rings. The fourth-order valence-electron chi connectivity index (χ4n) is 2.60. The third kappa shape index (κ3) is 4.27. The summed E-state index contributed by atoms with van der Waals surface area (Å²) in [4.78, 5) is 12.4. The van der Waals surface area contributed by atoms with Gasteiger partial charge >= 0.3 is 0 Å². The smallest absolute Gasteiger partial charge is 0.289 e. The maximum atomic E-state index is 12.7. The molecule has 128 valence electrons. The number of nitro benzene ring substituents is 1. The van der Waals surface area contributed by atoms with Crippen molar-refractivity contribution in [1.29, 1.82) is 0 Å². The Labute approximate surface area is 137 Å². The predicted molar refractivity (Wildman–Crippen MR) is 87.8 cm³/mol. The zero-order valence-electron chi connectivity index (χ0n) is 13.5. The van der Waals surface area contributed by atoms with Gasteiger partial charge in [0.2, 0.25) is 10.0 Å². The third-order valence-electron chi connectivity index (χ3n) is 4.03. The van der Waals surface area contributed by atoms with E-state index in [1.165, 1.54) is 28.6 Å². The minimum Gasteiger partial charge on any atom is -0.301 e. The summed E-state index contributed by atoms with van der Waals surface area (Å²) in [5.74, 6) is 0.615. The SMILES string of the molecule is CC(C)CCN1CCN(S(=O)(=O)c2ccccc2[N+](=O)[O-])CC1. The molecule has 2 rings (SSSR count). The van der Waals surface area contributed by atoms with Crippen LogP contribution in [0.2, 0.25) is 0 Å². The van der Waals surface area contributed by atoms with E-state index in [0.29, 0.717) is 32.1 Å². The lowest BCUT2D eigenvalue weighted by Gasteiger charge is -2.34. The van der Waals surface area contributed by atoms with Crippen LogP contribution in [-0.4, -0.2) is 55.3 Å². The molecule has 1 aliphatic heterocycles. The molecule has 0 spiro atoms. The van der Waals surface area contributed by atoms with Crippen LogP contribution in [0, 0.1) is 16.0 Å². The number of nitrogens with zero attached hydrogens (tertiary/aromatic N) is 3. The Morgan fingerprint density at radius 3 is 2.35 bits per heavy atom. The summed E-state index contributed by atoms with van der Waals surface area (Å²) < 4.78 is 26.7. The van der Waals surface area contributed by atoms with Crippen LogP contribution in [0.4, 0.5) is 5.69 Å². The number of nitro groups is 1. The van der Waals surface area contributed by atoms with Gasteiger partial charge in [0.25, 0.3) is 5.69 Å². The van der Waals surface area contributed by atoms with Gasteiger partial charge in [0, 0.05) is 32.2 Å². The van der Waals surface area contributed by atoms with Gasteiger partial charge in [0.1, 0.15) is 0 Å². The molecule has 0 atom stereocenters. The molecule has 23 heavy (non-hydrogen) atoms. The number of para-hydroxylation sites is 1. The molecule has 0 aromatic heterocycles. The van der Waals surface area contributed by atoms with Crippen LogP contribution in [0.15, 0.2) is 29.2 Å². The van der Waals surface area contributed by atoms with Crippen molar-refractivity contribution >= 4 is 15.7 Å². The summed E-state index contributed by atoms with van der Waals surface area (Å²) in [7, 11) is -3.83. The quantitative estimate of drug-likeness (QED) is 0.583. The van der Waals surface area contributed by atoms with Crippen molar-refractivity contribution in [1.82, 2.24) is 9.21 Å². The predicted octanol–water partition coefficient (Wildman–Crippen LogP) is 1.95. The molecule has 1 aromatic carbocycles. The first kappa shape index (κ1) is 17.8. The fourth-order valence-corrected chi connectivity index (χ4v) is 4.18. The van der Waals surface area contributed by atoms with Crippen LogP contribution in [0.1, 0.15) is 20.3 Å². The number of hydrogen-bond donors (Lipinski definition) is 0. The molecule has 0 N–H and O–H groups in total. The maximum absolute atomic E-state index is 12.7. The van der Waals surface area contributed by atoms with Crippen molar-refractivity contribution in [2.24, 2.45) is 5.92 Å². The van der Waals surface area contributed by atoms with Gasteiger partial charge in [0.15, 0.2) is 4.90 Å². The lowest BCUT2D eigenvalue weighted by Crippen LogP contribution is -2.48. The highest BCUT2D eigenvalue weighted by molar-refractivity contribution is 7.89. The first-order chi connectivity index (χ1) is 10.8. The number of benzene rings is 1. The van der Waals surface area contributed by atoms with Crippen molar-refractivity contribution in [2.45, 2.75) is 25.2 Å². The fraction of sp³-hybridized carbons (Fsp3) is 0.600. The van der Waals surface area contributed by atoms with E-state index in [2.05, 4.69) is 18.7 Å². The first-order valence-electron chi connectivity index (χ1n) is 7.78. The lowest BCUT2D eigenvalue weighted by atomic mass is 10.1. The van der Waals surface area contributed by atoms with Crippen LogP contribution in [0.25, 0.3) is 0 Å². The van der Waals surface area contributed by atoms with E-state index in [0.717, 1.165) is 13.0 Å². The number of hydrogen-bond acceptors (Lipinski definition) is 5. The van der Waals surface area contributed by atoms with Crippen molar-refractivity contribution < 1.29 is 13.3 Å². The van der Waals surface area contributed by atoms with E-state index in [-0.39, 0.29) is 10.6 Å². The van der Waals surface area contributed by atoms with Crippen LogP contribution in [0.3, 0.4) is 0 Å². The maximum Gasteiger partial charge on any atom is 0.289 e. The van der Waals surface area contributed by atoms with Crippen molar-refractivity contribution in [2.75, 3.05) is 32.7 Å². The molecule has 0 unspecified atom stereocenters. The zero-order chi connectivity index (χ0) is 17.0.